The maximum absolute atomic E-state index is 13.5. The third-order valence-electron chi connectivity index (χ3n) is 5.25. The second-order valence-corrected chi connectivity index (χ2v) is 10.9. The number of hydrogen-bond acceptors (Lipinski definition) is 4. The molecule has 0 bridgehead atoms. The molecule has 7 nitrogen and oxygen atoms in total. The number of carbonyl (C=O) groups is 2. The van der Waals surface area contributed by atoms with Gasteiger partial charge in [-0.25, -0.2) is 8.42 Å². The Balaban J connectivity index is 2.41. The van der Waals surface area contributed by atoms with Gasteiger partial charge in [0.1, 0.15) is 12.6 Å². The van der Waals surface area contributed by atoms with Crippen LogP contribution in [0.2, 0.25) is 0 Å². The first-order valence-corrected chi connectivity index (χ1v) is 12.8. The summed E-state index contributed by atoms with van der Waals surface area (Å²) >= 11 is 0. The number of nitrogens with one attached hydrogen (secondary N) is 1. The number of sulfonamides is 1. The zero-order chi connectivity index (χ0) is 24.9. The van der Waals surface area contributed by atoms with E-state index in [4.69, 9.17) is 0 Å². The number of hydrogen-bond donors (Lipinski definition) is 1. The predicted molar refractivity (Wildman–Crippen MR) is 133 cm³/mol. The van der Waals surface area contributed by atoms with Crippen LogP contribution in [0.3, 0.4) is 0 Å². The van der Waals surface area contributed by atoms with Crippen LogP contribution >= 0.6 is 0 Å². The van der Waals surface area contributed by atoms with Crippen LogP contribution in [0, 0.1) is 20.8 Å². The van der Waals surface area contributed by atoms with Gasteiger partial charge >= 0.3 is 0 Å². The monoisotopic (exact) mass is 473 g/mol. The average molecular weight is 474 g/mol. The molecule has 33 heavy (non-hydrogen) atoms. The van der Waals surface area contributed by atoms with Gasteiger partial charge in [0, 0.05) is 12.6 Å². The van der Waals surface area contributed by atoms with Gasteiger partial charge < -0.3 is 10.2 Å². The maximum atomic E-state index is 13.5. The van der Waals surface area contributed by atoms with Crippen molar-refractivity contribution in [3.05, 3.63) is 64.7 Å². The topological polar surface area (TPSA) is 86.8 Å². The van der Waals surface area contributed by atoms with Crippen LogP contribution in [0.15, 0.2) is 42.5 Å². The summed E-state index contributed by atoms with van der Waals surface area (Å²) in [5.74, 6) is -0.741. The molecule has 2 rings (SSSR count). The Morgan fingerprint density at radius 3 is 1.94 bits per heavy atom. The molecule has 2 aromatic rings. The lowest BCUT2D eigenvalue weighted by Gasteiger charge is -2.32. The molecule has 0 aliphatic rings. The van der Waals surface area contributed by atoms with E-state index >= 15 is 0 Å². The fourth-order valence-corrected chi connectivity index (χ4v) is 4.42. The Kier molecular flexibility index (Phi) is 8.66. The van der Waals surface area contributed by atoms with E-state index in [1.165, 1.54) is 4.90 Å². The van der Waals surface area contributed by atoms with Crippen molar-refractivity contribution in [2.24, 2.45) is 0 Å². The summed E-state index contributed by atoms with van der Waals surface area (Å²) < 4.78 is 26.4. The number of anilines is 1. The van der Waals surface area contributed by atoms with Gasteiger partial charge in [0.05, 0.1) is 11.9 Å². The summed E-state index contributed by atoms with van der Waals surface area (Å²) in [5, 5.41) is 2.84. The third kappa shape index (κ3) is 7.60. The number of benzene rings is 2. The highest BCUT2D eigenvalue weighted by molar-refractivity contribution is 7.92. The van der Waals surface area contributed by atoms with Crippen LogP contribution in [0.4, 0.5) is 5.69 Å². The van der Waals surface area contributed by atoms with Gasteiger partial charge in [-0.05, 0) is 70.4 Å². The number of rotatable bonds is 9. The molecule has 180 valence electrons. The molecule has 0 saturated carbocycles. The molecule has 0 saturated heterocycles. The fourth-order valence-electron chi connectivity index (χ4n) is 3.59. The molecule has 0 spiro atoms. The summed E-state index contributed by atoms with van der Waals surface area (Å²) in [6.07, 6.45) is 1.08. The maximum Gasteiger partial charge on any atom is 0.244 e. The SMILES string of the molecule is Cc1ccc(CN(C(=O)CN(c2cc(C)cc(C)c2)S(C)(=O)=O)[C@H](C)C(=O)NC(C)C)cc1. The average Bonchev–Trinajstić information content (AvgIpc) is 2.68. The fraction of sp³-hybridized carbons (Fsp3) is 0.440. The molecule has 8 heteroatoms. The molecule has 0 unspecified atom stereocenters. The minimum Gasteiger partial charge on any atom is -0.352 e. The van der Waals surface area contributed by atoms with E-state index < -0.39 is 28.5 Å². The van der Waals surface area contributed by atoms with E-state index in [0.717, 1.165) is 32.8 Å². The molecule has 0 aromatic heterocycles. The molecule has 0 radical (unpaired) electrons. The lowest BCUT2D eigenvalue weighted by molar-refractivity contribution is -0.139. The molecular weight excluding hydrogens is 438 g/mol. The predicted octanol–water partition coefficient (Wildman–Crippen LogP) is 3.32. The summed E-state index contributed by atoms with van der Waals surface area (Å²) in [6, 6.07) is 12.2. The normalized spacial score (nSPS) is 12.4. The van der Waals surface area contributed by atoms with Gasteiger partial charge in [0.2, 0.25) is 21.8 Å². The number of carbonyl (C=O) groups excluding carboxylic acids is 2. The largest absolute Gasteiger partial charge is 0.352 e. The number of nitrogens with zero attached hydrogens (tertiary/aromatic N) is 2. The highest BCUT2D eigenvalue weighted by Gasteiger charge is 2.30. The van der Waals surface area contributed by atoms with Crippen molar-refractivity contribution in [1.29, 1.82) is 0 Å². The Morgan fingerprint density at radius 2 is 1.45 bits per heavy atom. The number of aryl methyl sites for hydroxylation is 3. The molecular formula is C25H35N3O4S. The molecule has 2 amide bonds. The Bertz CT molecular complexity index is 1070. The first-order chi connectivity index (χ1) is 15.3. The molecule has 1 N–H and O–H groups in total. The smallest absolute Gasteiger partial charge is 0.244 e. The summed E-state index contributed by atoms with van der Waals surface area (Å²) in [7, 11) is -3.74. The van der Waals surface area contributed by atoms with Crippen LogP contribution < -0.4 is 9.62 Å². The highest BCUT2D eigenvalue weighted by atomic mass is 32.2. The van der Waals surface area contributed by atoms with Crippen LogP contribution in [-0.2, 0) is 26.2 Å². The summed E-state index contributed by atoms with van der Waals surface area (Å²) in [4.78, 5) is 27.7. The Hall–Kier alpha value is -2.87. The van der Waals surface area contributed by atoms with Crippen LogP contribution in [0.5, 0.6) is 0 Å². The van der Waals surface area contributed by atoms with Crippen LogP contribution in [0.1, 0.15) is 43.0 Å². The Labute approximate surface area is 197 Å². The highest BCUT2D eigenvalue weighted by Crippen LogP contribution is 2.22. The van der Waals surface area contributed by atoms with Crippen molar-refractivity contribution >= 4 is 27.5 Å². The van der Waals surface area contributed by atoms with E-state index in [9.17, 15) is 18.0 Å². The van der Waals surface area contributed by atoms with Crippen LogP contribution in [-0.4, -0.2) is 50.0 Å². The van der Waals surface area contributed by atoms with Gasteiger partial charge in [0.15, 0.2) is 0 Å². The zero-order valence-corrected chi connectivity index (χ0v) is 21.4. The zero-order valence-electron chi connectivity index (χ0n) is 20.5. The van der Waals surface area contributed by atoms with E-state index in [2.05, 4.69) is 5.32 Å². The van der Waals surface area contributed by atoms with Gasteiger partial charge in [-0.1, -0.05) is 35.9 Å². The molecule has 0 aliphatic carbocycles. The van der Waals surface area contributed by atoms with Crippen molar-refractivity contribution in [3.63, 3.8) is 0 Å². The van der Waals surface area contributed by atoms with Crippen molar-refractivity contribution in [2.45, 2.75) is 60.2 Å². The standard InChI is InChI=1S/C25H35N3O4S/c1-17(2)26-25(30)21(6)27(15-22-10-8-18(3)9-11-22)24(29)16-28(33(7,31)32)23-13-19(4)12-20(5)14-23/h8-14,17,21H,15-16H2,1-7H3,(H,26,30)/t21-/m1/s1. The van der Waals surface area contributed by atoms with E-state index in [1.807, 2.05) is 65.0 Å². The minimum atomic E-state index is -3.74. The molecule has 1 atom stereocenters. The quantitative estimate of drug-likeness (QED) is 0.605. The summed E-state index contributed by atoms with van der Waals surface area (Å²) in [5.41, 5.74) is 4.16. The molecule has 0 heterocycles. The first-order valence-electron chi connectivity index (χ1n) is 11.0. The lowest BCUT2D eigenvalue weighted by atomic mass is 10.1. The van der Waals surface area contributed by atoms with Gasteiger partial charge in [0.25, 0.3) is 0 Å². The molecule has 2 aromatic carbocycles. The van der Waals surface area contributed by atoms with Crippen LogP contribution in [0.25, 0.3) is 0 Å². The van der Waals surface area contributed by atoms with Crippen molar-refractivity contribution in [3.8, 4) is 0 Å². The van der Waals surface area contributed by atoms with Crippen molar-refractivity contribution < 1.29 is 18.0 Å². The van der Waals surface area contributed by atoms with Gasteiger partial charge in [-0.2, -0.15) is 0 Å². The van der Waals surface area contributed by atoms with Crippen molar-refractivity contribution in [1.82, 2.24) is 10.2 Å². The minimum absolute atomic E-state index is 0.0842. The van der Waals surface area contributed by atoms with Crippen molar-refractivity contribution in [2.75, 3.05) is 17.1 Å². The lowest BCUT2D eigenvalue weighted by Crippen LogP contribution is -2.52. The van der Waals surface area contributed by atoms with E-state index in [1.54, 1.807) is 19.1 Å². The first kappa shape index (κ1) is 26.4. The summed E-state index contributed by atoms with van der Waals surface area (Å²) in [6.45, 7) is 10.9. The molecule has 0 aliphatic heterocycles. The second kappa shape index (κ2) is 10.8. The third-order valence-corrected chi connectivity index (χ3v) is 6.39. The Morgan fingerprint density at radius 1 is 0.909 bits per heavy atom. The van der Waals surface area contributed by atoms with E-state index in [-0.39, 0.29) is 18.5 Å². The van der Waals surface area contributed by atoms with E-state index in [0.29, 0.717) is 5.69 Å². The van der Waals surface area contributed by atoms with Gasteiger partial charge in [-0.15, -0.1) is 0 Å². The molecule has 0 fully saturated rings. The van der Waals surface area contributed by atoms with Gasteiger partial charge in [-0.3, -0.25) is 13.9 Å². The second-order valence-electron chi connectivity index (χ2n) is 8.96. The number of amides is 2.